The first-order chi connectivity index (χ1) is 6.36. The van der Waals surface area contributed by atoms with Crippen molar-refractivity contribution in [2.75, 3.05) is 0 Å². The lowest BCUT2D eigenvalue weighted by Gasteiger charge is -1.99. The second-order valence-corrected chi connectivity index (χ2v) is 3.15. The summed E-state index contributed by atoms with van der Waals surface area (Å²) < 4.78 is 0. The smallest absolute Gasteiger partial charge is 0.101 e. The van der Waals surface area contributed by atoms with Crippen molar-refractivity contribution in [1.29, 1.82) is 5.26 Å². The van der Waals surface area contributed by atoms with E-state index < -0.39 is 0 Å². The van der Waals surface area contributed by atoms with Gasteiger partial charge in [0.05, 0.1) is 5.56 Å². The number of hydrogen-bond donors (Lipinski definition) is 0. The van der Waals surface area contributed by atoms with E-state index in [2.05, 4.69) is 18.0 Å². The second kappa shape index (κ2) is 5.31. The molecule has 68 valence electrons. The van der Waals surface area contributed by atoms with E-state index in [4.69, 9.17) is 5.26 Å². The molecule has 1 heterocycles. The van der Waals surface area contributed by atoms with E-state index in [-0.39, 0.29) is 0 Å². The molecular formula is C11H14N2. The molecule has 0 aliphatic heterocycles. The van der Waals surface area contributed by atoms with Gasteiger partial charge < -0.3 is 0 Å². The largest absolute Gasteiger partial charge is 0.263 e. The normalized spacial score (nSPS) is 9.54. The lowest BCUT2D eigenvalue weighted by molar-refractivity contribution is 0.716. The van der Waals surface area contributed by atoms with Crippen LogP contribution in [0.2, 0.25) is 0 Å². The Morgan fingerprint density at radius 1 is 1.38 bits per heavy atom. The van der Waals surface area contributed by atoms with Crippen LogP contribution in [0, 0.1) is 11.3 Å². The minimum absolute atomic E-state index is 0.661. The first kappa shape index (κ1) is 9.73. The van der Waals surface area contributed by atoms with Crippen LogP contribution >= 0.6 is 0 Å². The SMILES string of the molecule is CCCCCc1cncc(C#N)c1. The molecule has 0 saturated carbocycles. The van der Waals surface area contributed by atoms with E-state index in [1.165, 1.54) is 24.8 Å². The molecular weight excluding hydrogens is 160 g/mol. The summed E-state index contributed by atoms with van der Waals surface area (Å²) in [4.78, 5) is 4.01. The topological polar surface area (TPSA) is 36.7 Å². The van der Waals surface area contributed by atoms with Gasteiger partial charge in [-0.15, -0.1) is 0 Å². The first-order valence-electron chi connectivity index (χ1n) is 4.71. The molecule has 1 aromatic heterocycles. The van der Waals surface area contributed by atoms with Gasteiger partial charge in [-0.05, 0) is 24.5 Å². The molecule has 0 spiro atoms. The molecule has 0 unspecified atom stereocenters. The van der Waals surface area contributed by atoms with Gasteiger partial charge in [0.25, 0.3) is 0 Å². The molecule has 0 aliphatic carbocycles. The van der Waals surface area contributed by atoms with Gasteiger partial charge in [-0.25, -0.2) is 0 Å². The summed E-state index contributed by atoms with van der Waals surface area (Å²) in [6.45, 7) is 2.18. The van der Waals surface area contributed by atoms with Crippen molar-refractivity contribution in [1.82, 2.24) is 4.98 Å². The van der Waals surface area contributed by atoms with Gasteiger partial charge in [0.15, 0.2) is 0 Å². The Morgan fingerprint density at radius 3 is 2.92 bits per heavy atom. The highest BCUT2D eigenvalue weighted by Crippen LogP contribution is 2.06. The van der Waals surface area contributed by atoms with Gasteiger partial charge >= 0.3 is 0 Å². The van der Waals surface area contributed by atoms with Crippen molar-refractivity contribution in [2.45, 2.75) is 32.6 Å². The molecule has 2 heteroatoms. The van der Waals surface area contributed by atoms with E-state index in [1.807, 2.05) is 12.3 Å². The second-order valence-electron chi connectivity index (χ2n) is 3.15. The molecule has 1 aromatic rings. The van der Waals surface area contributed by atoms with E-state index in [9.17, 15) is 0 Å². The van der Waals surface area contributed by atoms with Gasteiger partial charge in [-0.1, -0.05) is 19.8 Å². The summed E-state index contributed by atoms with van der Waals surface area (Å²) in [5.74, 6) is 0. The molecule has 0 fully saturated rings. The van der Waals surface area contributed by atoms with E-state index >= 15 is 0 Å². The molecule has 1 rings (SSSR count). The quantitative estimate of drug-likeness (QED) is 0.658. The predicted octanol–water partition coefficient (Wildman–Crippen LogP) is 2.69. The Morgan fingerprint density at radius 2 is 2.23 bits per heavy atom. The van der Waals surface area contributed by atoms with Crippen LogP contribution in [0.5, 0.6) is 0 Å². The third-order valence-corrected chi connectivity index (χ3v) is 1.99. The Labute approximate surface area is 79.2 Å². The number of aryl methyl sites for hydroxylation is 1. The predicted molar refractivity (Wildman–Crippen MR) is 52.2 cm³/mol. The monoisotopic (exact) mass is 174 g/mol. The molecule has 0 bridgehead atoms. The lowest BCUT2D eigenvalue weighted by atomic mass is 10.1. The van der Waals surface area contributed by atoms with Gasteiger partial charge in [0.2, 0.25) is 0 Å². The highest BCUT2D eigenvalue weighted by molar-refractivity contribution is 5.28. The van der Waals surface area contributed by atoms with Gasteiger partial charge in [0.1, 0.15) is 6.07 Å². The van der Waals surface area contributed by atoms with E-state index in [1.54, 1.807) is 6.20 Å². The van der Waals surface area contributed by atoms with E-state index in [0.717, 1.165) is 6.42 Å². The average Bonchev–Trinajstić information content (AvgIpc) is 2.19. The van der Waals surface area contributed by atoms with Crippen molar-refractivity contribution >= 4 is 0 Å². The minimum Gasteiger partial charge on any atom is -0.263 e. The molecule has 0 saturated heterocycles. The van der Waals surface area contributed by atoms with Gasteiger partial charge in [-0.2, -0.15) is 5.26 Å². The Bertz CT molecular complexity index is 299. The number of nitriles is 1. The maximum atomic E-state index is 8.64. The van der Waals surface area contributed by atoms with E-state index in [0.29, 0.717) is 5.56 Å². The fourth-order valence-electron chi connectivity index (χ4n) is 1.26. The maximum absolute atomic E-state index is 8.64. The maximum Gasteiger partial charge on any atom is 0.101 e. The van der Waals surface area contributed by atoms with Crippen LogP contribution in [0.25, 0.3) is 0 Å². The summed E-state index contributed by atoms with van der Waals surface area (Å²) >= 11 is 0. The van der Waals surface area contributed by atoms with Crippen LogP contribution in [0.4, 0.5) is 0 Å². The minimum atomic E-state index is 0.661. The highest BCUT2D eigenvalue weighted by Gasteiger charge is 1.95. The van der Waals surface area contributed by atoms with Crippen molar-refractivity contribution < 1.29 is 0 Å². The summed E-state index contributed by atoms with van der Waals surface area (Å²) in [5, 5.41) is 8.64. The molecule has 0 aliphatic rings. The summed E-state index contributed by atoms with van der Waals surface area (Å²) in [6.07, 6.45) is 8.14. The van der Waals surface area contributed by atoms with Crippen molar-refractivity contribution in [2.24, 2.45) is 0 Å². The third-order valence-electron chi connectivity index (χ3n) is 1.99. The zero-order valence-corrected chi connectivity index (χ0v) is 7.95. The van der Waals surface area contributed by atoms with Crippen LogP contribution in [-0.2, 0) is 6.42 Å². The number of pyridine rings is 1. The van der Waals surface area contributed by atoms with Crippen molar-refractivity contribution in [3.8, 4) is 6.07 Å². The van der Waals surface area contributed by atoms with Gasteiger partial charge in [0, 0.05) is 12.4 Å². The van der Waals surface area contributed by atoms with Crippen LogP contribution in [0.1, 0.15) is 37.3 Å². The summed E-state index contributed by atoms with van der Waals surface area (Å²) in [7, 11) is 0. The summed E-state index contributed by atoms with van der Waals surface area (Å²) in [5.41, 5.74) is 1.83. The zero-order chi connectivity index (χ0) is 9.52. The average molecular weight is 174 g/mol. The molecule has 0 N–H and O–H groups in total. The molecule has 13 heavy (non-hydrogen) atoms. The third kappa shape index (κ3) is 3.25. The highest BCUT2D eigenvalue weighted by atomic mass is 14.6. The number of hydrogen-bond acceptors (Lipinski definition) is 2. The molecule has 0 atom stereocenters. The number of rotatable bonds is 4. The van der Waals surface area contributed by atoms with Gasteiger partial charge in [-0.3, -0.25) is 4.98 Å². The summed E-state index contributed by atoms with van der Waals surface area (Å²) in [6, 6.07) is 4.01. The zero-order valence-electron chi connectivity index (χ0n) is 7.95. The van der Waals surface area contributed by atoms with Crippen molar-refractivity contribution in [3.63, 3.8) is 0 Å². The number of aromatic nitrogens is 1. The van der Waals surface area contributed by atoms with Crippen LogP contribution in [-0.4, -0.2) is 4.98 Å². The molecule has 2 nitrogen and oxygen atoms in total. The molecule has 0 amide bonds. The number of unbranched alkanes of at least 4 members (excludes halogenated alkanes) is 2. The Hall–Kier alpha value is -1.36. The van der Waals surface area contributed by atoms with Crippen LogP contribution in [0.3, 0.4) is 0 Å². The fraction of sp³-hybridized carbons (Fsp3) is 0.455. The van der Waals surface area contributed by atoms with Crippen LogP contribution in [0.15, 0.2) is 18.5 Å². The Kier molecular flexibility index (Phi) is 3.98. The molecule has 0 aromatic carbocycles. The molecule has 0 radical (unpaired) electrons. The Balaban J connectivity index is 2.52. The van der Waals surface area contributed by atoms with Crippen LogP contribution < -0.4 is 0 Å². The lowest BCUT2D eigenvalue weighted by Crippen LogP contribution is -1.88. The standard InChI is InChI=1S/C11H14N2/c1-2-3-4-5-10-6-11(7-12)9-13-8-10/h6,8-9H,2-5H2,1H3. The van der Waals surface area contributed by atoms with Crippen molar-refractivity contribution in [3.05, 3.63) is 29.6 Å². The fourth-order valence-corrected chi connectivity index (χ4v) is 1.26. The number of nitrogens with zero attached hydrogens (tertiary/aromatic N) is 2. The first-order valence-corrected chi connectivity index (χ1v) is 4.71.